The Morgan fingerprint density at radius 3 is 2.94 bits per heavy atom. The maximum atomic E-state index is 11.9. The number of methoxy groups -OCH3 is 1. The summed E-state index contributed by atoms with van der Waals surface area (Å²) >= 11 is 0. The van der Waals surface area contributed by atoms with Gasteiger partial charge in [0.25, 0.3) is 0 Å². The van der Waals surface area contributed by atoms with Crippen molar-refractivity contribution in [3.63, 3.8) is 0 Å². The molecular formula is C11H14N2O4. The Bertz CT molecular complexity index is 440. The Kier molecular flexibility index (Phi) is 3.23. The Morgan fingerprint density at radius 1 is 1.59 bits per heavy atom. The van der Waals surface area contributed by atoms with E-state index in [9.17, 15) is 9.59 Å². The zero-order valence-electron chi connectivity index (χ0n) is 9.50. The molecule has 1 aromatic rings. The van der Waals surface area contributed by atoms with Gasteiger partial charge >= 0.3 is 5.97 Å². The molecule has 1 aromatic heterocycles. The van der Waals surface area contributed by atoms with Crippen LogP contribution in [-0.4, -0.2) is 40.4 Å². The fourth-order valence-electron chi connectivity index (χ4n) is 1.77. The third-order valence-electron chi connectivity index (χ3n) is 2.89. The summed E-state index contributed by atoms with van der Waals surface area (Å²) in [7, 11) is 1.59. The van der Waals surface area contributed by atoms with E-state index in [-0.39, 0.29) is 11.7 Å². The summed E-state index contributed by atoms with van der Waals surface area (Å²) in [6.07, 6.45) is 3.56. The van der Waals surface area contributed by atoms with Gasteiger partial charge in [-0.3, -0.25) is 14.3 Å². The van der Waals surface area contributed by atoms with Gasteiger partial charge in [-0.05, 0) is 6.42 Å². The monoisotopic (exact) mass is 238 g/mol. The molecule has 0 radical (unpaired) electrons. The van der Waals surface area contributed by atoms with Crippen LogP contribution in [0.25, 0.3) is 0 Å². The summed E-state index contributed by atoms with van der Waals surface area (Å²) in [5, 5.41) is 12.8. The second-order valence-corrected chi connectivity index (χ2v) is 4.14. The molecule has 1 aliphatic carbocycles. The van der Waals surface area contributed by atoms with Crippen molar-refractivity contribution in [2.24, 2.45) is 11.8 Å². The Labute approximate surface area is 98.2 Å². The van der Waals surface area contributed by atoms with Gasteiger partial charge in [0.2, 0.25) is 0 Å². The number of hydrogen-bond donors (Lipinski definition) is 1. The van der Waals surface area contributed by atoms with Crippen LogP contribution in [-0.2, 0) is 16.1 Å². The van der Waals surface area contributed by atoms with Crippen molar-refractivity contribution >= 4 is 11.8 Å². The third kappa shape index (κ3) is 2.52. The van der Waals surface area contributed by atoms with E-state index in [4.69, 9.17) is 9.84 Å². The Balaban J connectivity index is 1.96. The number of nitrogens with zero attached hydrogens (tertiary/aromatic N) is 2. The first kappa shape index (κ1) is 11.8. The highest BCUT2D eigenvalue weighted by atomic mass is 16.5. The second kappa shape index (κ2) is 4.67. The van der Waals surface area contributed by atoms with Gasteiger partial charge in [-0.25, -0.2) is 0 Å². The fourth-order valence-corrected chi connectivity index (χ4v) is 1.77. The van der Waals surface area contributed by atoms with E-state index >= 15 is 0 Å². The molecule has 0 amide bonds. The van der Waals surface area contributed by atoms with Gasteiger partial charge in [0.1, 0.15) is 0 Å². The van der Waals surface area contributed by atoms with E-state index in [0.717, 1.165) is 0 Å². The van der Waals surface area contributed by atoms with Gasteiger partial charge in [-0.1, -0.05) is 0 Å². The van der Waals surface area contributed by atoms with Crippen LogP contribution in [0, 0.1) is 11.8 Å². The molecule has 6 nitrogen and oxygen atoms in total. The van der Waals surface area contributed by atoms with E-state index in [0.29, 0.717) is 25.1 Å². The molecule has 92 valence electrons. The lowest BCUT2D eigenvalue weighted by Gasteiger charge is -1.98. The summed E-state index contributed by atoms with van der Waals surface area (Å²) in [6, 6.07) is 0. The summed E-state index contributed by atoms with van der Waals surface area (Å²) in [5.41, 5.74) is 0.481. The number of hydrogen-bond acceptors (Lipinski definition) is 4. The number of carboxylic acids is 1. The molecule has 1 aliphatic rings. The number of carboxylic acid groups (broad SMARTS) is 1. The molecule has 1 heterocycles. The Hall–Kier alpha value is -1.69. The van der Waals surface area contributed by atoms with Crippen molar-refractivity contribution in [3.8, 4) is 0 Å². The molecule has 2 rings (SSSR count). The van der Waals surface area contributed by atoms with Crippen LogP contribution in [0.5, 0.6) is 0 Å². The molecular weight excluding hydrogens is 224 g/mol. The molecule has 1 saturated carbocycles. The predicted molar refractivity (Wildman–Crippen MR) is 57.7 cm³/mol. The highest BCUT2D eigenvalue weighted by molar-refractivity contribution is 6.02. The quantitative estimate of drug-likeness (QED) is 0.727. The summed E-state index contributed by atoms with van der Waals surface area (Å²) < 4.78 is 6.52. The number of carbonyl (C=O) groups excluding carboxylic acids is 1. The molecule has 0 unspecified atom stereocenters. The van der Waals surface area contributed by atoms with Crippen LogP contribution < -0.4 is 0 Å². The second-order valence-electron chi connectivity index (χ2n) is 4.14. The van der Waals surface area contributed by atoms with Gasteiger partial charge in [0.15, 0.2) is 5.78 Å². The first-order chi connectivity index (χ1) is 8.13. The largest absolute Gasteiger partial charge is 0.481 e. The highest BCUT2D eigenvalue weighted by Gasteiger charge is 2.48. The van der Waals surface area contributed by atoms with E-state index in [1.54, 1.807) is 18.0 Å². The lowest BCUT2D eigenvalue weighted by Crippen LogP contribution is -2.08. The SMILES string of the molecule is COCCn1cc(C(=O)[C@H]2C[C@H]2C(=O)O)cn1. The molecule has 1 N–H and O–H groups in total. The highest BCUT2D eigenvalue weighted by Crippen LogP contribution is 2.40. The molecule has 2 atom stereocenters. The minimum absolute atomic E-state index is 0.124. The van der Waals surface area contributed by atoms with E-state index in [1.165, 1.54) is 6.20 Å². The van der Waals surface area contributed by atoms with Crippen molar-refractivity contribution < 1.29 is 19.4 Å². The first-order valence-electron chi connectivity index (χ1n) is 5.42. The average molecular weight is 238 g/mol. The number of rotatable bonds is 6. The molecule has 0 bridgehead atoms. The number of carbonyl (C=O) groups is 2. The van der Waals surface area contributed by atoms with E-state index in [1.807, 2.05) is 0 Å². The molecule has 6 heteroatoms. The maximum absolute atomic E-state index is 11.9. The summed E-state index contributed by atoms with van der Waals surface area (Å²) in [4.78, 5) is 22.5. The zero-order valence-corrected chi connectivity index (χ0v) is 9.50. The van der Waals surface area contributed by atoms with Gasteiger partial charge in [-0.15, -0.1) is 0 Å². The van der Waals surface area contributed by atoms with E-state index in [2.05, 4.69) is 5.10 Å². The van der Waals surface area contributed by atoms with Crippen LogP contribution in [0.15, 0.2) is 12.4 Å². The lowest BCUT2D eigenvalue weighted by molar-refractivity contribution is -0.138. The van der Waals surface area contributed by atoms with Crippen LogP contribution >= 0.6 is 0 Å². The lowest BCUT2D eigenvalue weighted by atomic mass is 10.1. The number of aliphatic carboxylic acids is 1. The fraction of sp³-hybridized carbons (Fsp3) is 0.545. The van der Waals surface area contributed by atoms with Crippen molar-refractivity contribution in [1.29, 1.82) is 0 Å². The smallest absolute Gasteiger partial charge is 0.307 e. The number of ketones is 1. The van der Waals surface area contributed by atoms with Crippen molar-refractivity contribution in [2.75, 3.05) is 13.7 Å². The molecule has 0 aromatic carbocycles. The topological polar surface area (TPSA) is 81.4 Å². The molecule has 17 heavy (non-hydrogen) atoms. The average Bonchev–Trinajstić information content (AvgIpc) is 2.98. The minimum Gasteiger partial charge on any atom is -0.481 e. The molecule has 1 fully saturated rings. The van der Waals surface area contributed by atoms with E-state index < -0.39 is 11.9 Å². The number of Topliss-reactive ketones (excluding diaryl/α,β-unsaturated/α-hetero) is 1. The van der Waals surface area contributed by atoms with Gasteiger partial charge < -0.3 is 9.84 Å². The normalized spacial score (nSPS) is 22.4. The zero-order chi connectivity index (χ0) is 12.4. The van der Waals surface area contributed by atoms with Crippen molar-refractivity contribution in [2.45, 2.75) is 13.0 Å². The van der Waals surface area contributed by atoms with Crippen LogP contribution in [0.4, 0.5) is 0 Å². The summed E-state index contributed by atoms with van der Waals surface area (Å²) in [5.74, 6) is -1.89. The van der Waals surface area contributed by atoms with Gasteiger partial charge in [0, 0.05) is 19.2 Å². The van der Waals surface area contributed by atoms with Crippen LogP contribution in [0.3, 0.4) is 0 Å². The predicted octanol–water partition coefficient (Wildman–Crippen LogP) is 0.433. The first-order valence-corrected chi connectivity index (χ1v) is 5.42. The number of aromatic nitrogens is 2. The summed E-state index contributed by atoms with van der Waals surface area (Å²) in [6.45, 7) is 1.10. The van der Waals surface area contributed by atoms with Crippen molar-refractivity contribution in [3.05, 3.63) is 18.0 Å². The molecule has 0 aliphatic heterocycles. The Morgan fingerprint density at radius 2 is 2.35 bits per heavy atom. The standard InChI is InChI=1S/C11H14N2O4/c1-17-3-2-13-6-7(5-12-13)10(14)8-4-9(8)11(15)16/h5-6,8-9H,2-4H2,1H3,(H,15,16)/t8-,9+/m0/s1. The molecule has 0 spiro atoms. The third-order valence-corrected chi connectivity index (χ3v) is 2.89. The molecule has 0 saturated heterocycles. The number of ether oxygens (including phenoxy) is 1. The van der Waals surface area contributed by atoms with Crippen LogP contribution in [0.1, 0.15) is 16.8 Å². The van der Waals surface area contributed by atoms with Gasteiger partial charge in [0.05, 0.1) is 30.8 Å². The van der Waals surface area contributed by atoms with Crippen LogP contribution in [0.2, 0.25) is 0 Å². The van der Waals surface area contributed by atoms with Gasteiger partial charge in [-0.2, -0.15) is 5.10 Å². The maximum Gasteiger partial charge on any atom is 0.307 e. The van der Waals surface area contributed by atoms with Crippen molar-refractivity contribution in [1.82, 2.24) is 9.78 Å². The minimum atomic E-state index is -0.893.